The van der Waals surface area contributed by atoms with Crippen LogP contribution in [0.25, 0.3) is 0 Å². The van der Waals surface area contributed by atoms with Gasteiger partial charge in [-0.2, -0.15) is 0 Å². The molecule has 0 aromatic heterocycles. The first kappa shape index (κ1) is 11.7. The minimum Gasteiger partial charge on any atom is -0.333 e. The van der Waals surface area contributed by atoms with Gasteiger partial charge in [0.25, 0.3) is 0 Å². The molecular weight excluding hydrogens is 173 g/mol. The van der Waals surface area contributed by atoms with Crippen LogP contribution in [0.3, 0.4) is 0 Å². The summed E-state index contributed by atoms with van der Waals surface area (Å²) in [5.41, 5.74) is 0. The van der Waals surface area contributed by atoms with E-state index in [-0.39, 0.29) is 31.9 Å². The summed E-state index contributed by atoms with van der Waals surface area (Å²) in [5.74, 6) is 0. The van der Waals surface area contributed by atoms with E-state index < -0.39 is 0 Å². The molecule has 0 aliphatic heterocycles. The van der Waals surface area contributed by atoms with Gasteiger partial charge in [0.1, 0.15) is 0 Å². The number of halogens is 1. The molecule has 2 fully saturated rings. The molecule has 0 atom stereocenters. The van der Waals surface area contributed by atoms with E-state index in [0.29, 0.717) is 0 Å². The first-order valence-electron chi connectivity index (χ1n) is 2.63. The predicted octanol–water partition coefficient (Wildman–Crippen LogP) is 2.39. The fraction of sp³-hybridized carbons (Fsp3) is 0.667. The maximum Gasteiger partial charge on any atom is 2.00 e. The van der Waals surface area contributed by atoms with Crippen molar-refractivity contribution >= 4 is 12.4 Å². The zero-order chi connectivity index (χ0) is 4.24. The van der Waals surface area contributed by atoms with Crippen molar-refractivity contribution in [3.05, 3.63) is 12.8 Å². The van der Waals surface area contributed by atoms with Gasteiger partial charge in [-0.1, -0.05) is 0 Å². The van der Waals surface area contributed by atoms with Gasteiger partial charge in [-0.25, -0.2) is 25.7 Å². The second-order valence-electron chi connectivity index (χ2n) is 1.73. The van der Waals surface area contributed by atoms with Crippen LogP contribution in [0.2, 0.25) is 0 Å². The summed E-state index contributed by atoms with van der Waals surface area (Å²) in [7, 11) is 0. The SMILES string of the molecule is Cl.[CH-]1CC1.[CH-]1CC1.[Zn+2]. The zero-order valence-corrected chi connectivity index (χ0v) is 8.88. The van der Waals surface area contributed by atoms with Crippen molar-refractivity contribution in [1.82, 2.24) is 0 Å². The molecule has 0 radical (unpaired) electrons. The van der Waals surface area contributed by atoms with Gasteiger partial charge in [0.2, 0.25) is 0 Å². The summed E-state index contributed by atoms with van der Waals surface area (Å²) in [6, 6.07) is 0. The summed E-state index contributed by atoms with van der Waals surface area (Å²) in [4.78, 5) is 0. The molecule has 0 N–H and O–H groups in total. The molecule has 0 bridgehead atoms. The molecule has 44 valence electrons. The number of hydrogen-bond donors (Lipinski definition) is 0. The summed E-state index contributed by atoms with van der Waals surface area (Å²) < 4.78 is 0. The number of hydrogen-bond acceptors (Lipinski definition) is 0. The molecule has 8 heavy (non-hydrogen) atoms. The van der Waals surface area contributed by atoms with E-state index in [0.717, 1.165) is 0 Å². The van der Waals surface area contributed by atoms with Gasteiger partial charge in [0, 0.05) is 0 Å². The van der Waals surface area contributed by atoms with E-state index in [4.69, 9.17) is 0 Å². The first-order valence-corrected chi connectivity index (χ1v) is 2.63. The standard InChI is InChI=1S/2C3H5.ClH.Zn/c2*1-2-3-1;;/h2*1H,2-3H2;1H;/q2*-1;;+2. The van der Waals surface area contributed by atoms with Crippen LogP contribution in [-0.2, 0) is 19.5 Å². The Hall–Kier alpha value is 0.913. The van der Waals surface area contributed by atoms with Crippen LogP contribution >= 0.6 is 12.4 Å². The number of rotatable bonds is 0. The molecule has 0 heterocycles. The van der Waals surface area contributed by atoms with Gasteiger partial charge in [0.05, 0.1) is 0 Å². The average Bonchev–Trinajstić information content (AvgIpc) is 2.31. The van der Waals surface area contributed by atoms with Crippen LogP contribution in [0.4, 0.5) is 0 Å². The van der Waals surface area contributed by atoms with Crippen LogP contribution in [0.1, 0.15) is 25.7 Å². The first-order chi connectivity index (χ1) is 3.00. The maximum absolute atomic E-state index is 2.25. The Kier molecular flexibility index (Phi) is 11.6. The molecule has 0 unspecified atom stereocenters. The second-order valence-corrected chi connectivity index (χ2v) is 1.73. The Morgan fingerprint density at radius 3 is 0.875 bits per heavy atom. The third-order valence-electron chi connectivity index (χ3n) is 0.577. The molecule has 2 rings (SSSR count). The van der Waals surface area contributed by atoms with Crippen molar-refractivity contribution in [2.75, 3.05) is 0 Å². The quantitative estimate of drug-likeness (QED) is 0.400. The molecular formula is C6H11ClZn. The van der Waals surface area contributed by atoms with Crippen molar-refractivity contribution in [3.8, 4) is 0 Å². The van der Waals surface area contributed by atoms with Crippen molar-refractivity contribution in [2.45, 2.75) is 25.7 Å². The van der Waals surface area contributed by atoms with Gasteiger partial charge < -0.3 is 12.8 Å². The summed E-state index contributed by atoms with van der Waals surface area (Å²) in [6.07, 6.45) is 10.0. The molecule has 2 aliphatic carbocycles. The van der Waals surface area contributed by atoms with Crippen molar-refractivity contribution in [3.63, 3.8) is 0 Å². The van der Waals surface area contributed by atoms with Crippen molar-refractivity contribution in [2.24, 2.45) is 0 Å². The normalized spacial score (nSPS) is 18.0. The minimum atomic E-state index is 0. The van der Waals surface area contributed by atoms with E-state index in [2.05, 4.69) is 12.8 Å². The molecule has 0 aromatic rings. The van der Waals surface area contributed by atoms with Crippen LogP contribution < -0.4 is 0 Å². The summed E-state index contributed by atoms with van der Waals surface area (Å²) in [6.45, 7) is 0. The van der Waals surface area contributed by atoms with Gasteiger partial charge in [-0.05, 0) is 0 Å². The maximum atomic E-state index is 2.25. The Bertz CT molecular complexity index is 24.0. The molecule has 2 heteroatoms. The van der Waals surface area contributed by atoms with E-state index in [9.17, 15) is 0 Å². The molecule has 0 amide bonds. The van der Waals surface area contributed by atoms with Gasteiger partial charge in [-0.15, -0.1) is 12.4 Å². The van der Waals surface area contributed by atoms with Crippen LogP contribution in [-0.4, -0.2) is 0 Å². The van der Waals surface area contributed by atoms with Crippen LogP contribution in [0.5, 0.6) is 0 Å². The zero-order valence-electron chi connectivity index (χ0n) is 5.10. The predicted molar refractivity (Wildman–Crippen MR) is 34.3 cm³/mol. The fourth-order valence-electron chi connectivity index (χ4n) is 0. The fourth-order valence-corrected chi connectivity index (χ4v) is 0. The van der Waals surface area contributed by atoms with Gasteiger partial charge >= 0.3 is 19.5 Å². The van der Waals surface area contributed by atoms with Gasteiger partial charge in [0.15, 0.2) is 0 Å². The molecule has 0 aromatic carbocycles. The average molecular weight is 184 g/mol. The molecule has 2 saturated carbocycles. The van der Waals surface area contributed by atoms with Gasteiger partial charge in [-0.3, -0.25) is 0 Å². The van der Waals surface area contributed by atoms with Crippen molar-refractivity contribution in [1.29, 1.82) is 0 Å². The largest absolute Gasteiger partial charge is 2.00 e. The summed E-state index contributed by atoms with van der Waals surface area (Å²) >= 11 is 0. The third kappa shape index (κ3) is 28.5. The molecule has 0 nitrogen and oxygen atoms in total. The molecule has 2 aliphatic rings. The van der Waals surface area contributed by atoms with Crippen LogP contribution in [0.15, 0.2) is 0 Å². The monoisotopic (exact) mass is 182 g/mol. The van der Waals surface area contributed by atoms with Crippen LogP contribution in [0, 0.1) is 12.8 Å². The van der Waals surface area contributed by atoms with E-state index in [1.165, 1.54) is 25.7 Å². The smallest absolute Gasteiger partial charge is 0.333 e. The third-order valence-corrected chi connectivity index (χ3v) is 0.577. The van der Waals surface area contributed by atoms with E-state index >= 15 is 0 Å². The Morgan fingerprint density at radius 2 is 0.875 bits per heavy atom. The minimum absolute atomic E-state index is 0. The second kappa shape index (κ2) is 7.91. The van der Waals surface area contributed by atoms with E-state index in [1.807, 2.05) is 0 Å². The molecule has 0 saturated heterocycles. The van der Waals surface area contributed by atoms with E-state index in [1.54, 1.807) is 0 Å². The summed E-state index contributed by atoms with van der Waals surface area (Å²) in [5, 5.41) is 0. The van der Waals surface area contributed by atoms with Crippen molar-refractivity contribution < 1.29 is 19.5 Å². The Balaban J connectivity index is 0. The topological polar surface area (TPSA) is 0 Å². The Labute approximate surface area is 70.6 Å². The Morgan fingerprint density at radius 1 is 0.750 bits per heavy atom. The molecule has 0 spiro atoms.